The zero-order valence-corrected chi connectivity index (χ0v) is 21.7. The molecule has 0 aliphatic carbocycles. The summed E-state index contributed by atoms with van der Waals surface area (Å²) >= 11 is 0. The largest absolute Gasteiger partial charge is 0.416 e. The molecule has 0 bridgehead atoms. The zero-order chi connectivity index (χ0) is 27.6. The van der Waals surface area contributed by atoms with Crippen LogP contribution in [0.15, 0.2) is 47.3 Å². The highest BCUT2D eigenvalue weighted by Gasteiger charge is 2.31. The van der Waals surface area contributed by atoms with Crippen molar-refractivity contribution in [2.45, 2.75) is 39.0 Å². The average molecular weight is 566 g/mol. The van der Waals surface area contributed by atoms with Crippen LogP contribution in [-0.2, 0) is 19.1 Å². The van der Waals surface area contributed by atoms with E-state index in [-0.39, 0.29) is 61.2 Å². The molecular formula is C26H24ClF4N5O3. The summed E-state index contributed by atoms with van der Waals surface area (Å²) in [5, 5.41) is 11.9. The number of hydrogen-bond acceptors (Lipinski definition) is 6. The summed E-state index contributed by atoms with van der Waals surface area (Å²) in [6.07, 6.45) is -4.24. The fourth-order valence-corrected chi connectivity index (χ4v) is 4.14. The summed E-state index contributed by atoms with van der Waals surface area (Å²) in [5.74, 6) is -1.39. The summed E-state index contributed by atoms with van der Waals surface area (Å²) in [6, 6.07) is 9.48. The van der Waals surface area contributed by atoms with E-state index in [1.165, 1.54) is 29.2 Å². The lowest BCUT2D eigenvalue weighted by Gasteiger charge is -2.29. The molecule has 3 aromatic rings. The lowest BCUT2D eigenvalue weighted by molar-refractivity contribution is -0.137. The summed E-state index contributed by atoms with van der Waals surface area (Å²) in [4.78, 5) is 37.6. The number of alkyl halides is 3. The van der Waals surface area contributed by atoms with Crippen LogP contribution >= 0.6 is 12.4 Å². The minimum absolute atomic E-state index is 0. The van der Waals surface area contributed by atoms with Gasteiger partial charge in [-0.2, -0.15) is 18.4 Å². The van der Waals surface area contributed by atoms with Crippen molar-refractivity contribution in [3.8, 4) is 6.07 Å². The van der Waals surface area contributed by atoms with Gasteiger partial charge in [-0.05, 0) is 49.7 Å². The van der Waals surface area contributed by atoms with E-state index >= 15 is 0 Å². The van der Waals surface area contributed by atoms with Gasteiger partial charge in [0, 0.05) is 13.0 Å². The topological polar surface area (TPSA) is 100 Å². The van der Waals surface area contributed by atoms with E-state index in [0.29, 0.717) is 11.3 Å². The summed E-state index contributed by atoms with van der Waals surface area (Å²) in [5.41, 5.74) is -0.290. The predicted octanol–water partition coefficient (Wildman–Crippen LogP) is 4.51. The van der Waals surface area contributed by atoms with Gasteiger partial charge in [0.1, 0.15) is 12.4 Å². The Morgan fingerprint density at radius 3 is 2.51 bits per heavy atom. The van der Waals surface area contributed by atoms with Crippen molar-refractivity contribution in [3.63, 3.8) is 0 Å². The van der Waals surface area contributed by atoms with E-state index in [1.54, 1.807) is 13.8 Å². The van der Waals surface area contributed by atoms with Gasteiger partial charge in [0.15, 0.2) is 0 Å². The van der Waals surface area contributed by atoms with Crippen molar-refractivity contribution >= 4 is 24.3 Å². The van der Waals surface area contributed by atoms with E-state index in [9.17, 15) is 27.2 Å². The molecule has 1 atom stereocenters. The molecular weight excluding hydrogens is 542 g/mol. The first kappa shape index (κ1) is 29.4. The van der Waals surface area contributed by atoms with Gasteiger partial charge in [-0.1, -0.05) is 12.1 Å². The molecule has 0 saturated heterocycles. The molecule has 206 valence electrons. The molecule has 1 aromatic heterocycles. The van der Waals surface area contributed by atoms with Crippen LogP contribution < -0.4 is 15.7 Å². The normalized spacial score (nSPS) is 13.5. The van der Waals surface area contributed by atoms with Gasteiger partial charge >= 0.3 is 6.18 Å². The third kappa shape index (κ3) is 6.15. The lowest BCUT2D eigenvalue weighted by atomic mass is 10.0. The number of carbonyl (C=O) groups excluding carboxylic acids is 1. The second-order valence-corrected chi connectivity index (χ2v) is 8.65. The van der Waals surface area contributed by atoms with Crippen LogP contribution in [0.25, 0.3) is 0 Å². The Bertz CT molecular complexity index is 1470. The number of nitrogens with zero attached hydrogens (tertiary/aromatic N) is 4. The van der Waals surface area contributed by atoms with Crippen molar-refractivity contribution < 1.29 is 27.2 Å². The van der Waals surface area contributed by atoms with Crippen molar-refractivity contribution in [1.82, 2.24) is 14.6 Å². The van der Waals surface area contributed by atoms with Crippen molar-refractivity contribution in [1.29, 1.82) is 5.26 Å². The fourth-order valence-electron chi connectivity index (χ4n) is 4.14. The van der Waals surface area contributed by atoms with E-state index in [0.717, 1.165) is 22.9 Å². The van der Waals surface area contributed by atoms with Crippen LogP contribution in [-0.4, -0.2) is 33.7 Å². The second-order valence-electron chi connectivity index (χ2n) is 8.65. The van der Waals surface area contributed by atoms with Gasteiger partial charge in [0.05, 0.1) is 46.6 Å². The Hall–Kier alpha value is -4.11. The summed E-state index contributed by atoms with van der Waals surface area (Å²) < 4.78 is 54.1. The molecule has 0 saturated carbocycles. The number of anilines is 1. The quantitative estimate of drug-likeness (QED) is 0.441. The smallest absolute Gasteiger partial charge is 0.408 e. The highest BCUT2D eigenvalue weighted by atomic mass is 35.5. The van der Waals surface area contributed by atoms with Crippen molar-refractivity contribution in [3.05, 3.63) is 92.1 Å². The van der Waals surface area contributed by atoms with Crippen LogP contribution in [0.1, 0.15) is 58.2 Å². The van der Waals surface area contributed by atoms with E-state index in [2.05, 4.69) is 10.3 Å². The van der Waals surface area contributed by atoms with Crippen LogP contribution in [0.5, 0.6) is 0 Å². The standard InChI is InChI=1S/C26H23F4N5O3.ClH/c1-3-38-35-24(37)20-14-34(23(36)19-9-4-16(13-31)12-21(19)27)11-10-22(20)33-25(35)32-15(2)17-5-7-18(8-6-17)26(28,29)30;/h4-9,12,15H,3,10-11,14H2,1-2H3,(H,32,33);1H/t15-;/m0./s1. The summed E-state index contributed by atoms with van der Waals surface area (Å²) in [7, 11) is 0. The molecule has 13 heteroatoms. The van der Waals surface area contributed by atoms with Gasteiger partial charge < -0.3 is 15.1 Å². The van der Waals surface area contributed by atoms with Crippen LogP contribution in [0, 0.1) is 17.1 Å². The van der Waals surface area contributed by atoms with Gasteiger partial charge in [-0.25, -0.2) is 9.37 Å². The highest BCUT2D eigenvalue weighted by Crippen LogP contribution is 2.30. The number of benzene rings is 2. The number of halogens is 5. The molecule has 8 nitrogen and oxygen atoms in total. The Morgan fingerprint density at radius 1 is 1.23 bits per heavy atom. The molecule has 2 heterocycles. The number of rotatable bonds is 6. The average Bonchev–Trinajstić information content (AvgIpc) is 2.89. The van der Waals surface area contributed by atoms with E-state index < -0.39 is 35.1 Å². The molecule has 0 spiro atoms. The number of fused-ring (bicyclic) bond motifs is 1. The Labute approximate surface area is 227 Å². The maximum absolute atomic E-state index is 14.4. The van der Waals surface area contributed by atoms with Gasteiger partial charge in [0.2, 0.25) is 5.95 Å². The third-order valence-electron chi connectivity index (χ3n) is 6.15. The fraction of sp³-hybridized carbons (Fsp3) is 0.308. The predicted molar refractivity (Wildman–Crippen MR) is 136 cm³/mol. The zero-order valence-electron chi connectivity index (χ0n) is 20.9. The molecule has 2 aromatic carbocycles. The number of carbonyl (C=O) groups is 1. The van der Waals surface area contributed by atoms with Crippen molar-refractivity contribution in [2.24, 2.45) is 0 Å². The number of hydrogen-bond donors (Lipinski definition) is 1. The lowest BCUT2D eigenvalue weighted by Crippen LogP contribution is -2.43. The SMILES string of the molecule is CCOn1c(N[C@@H](C)c2ccc(C(F)(F)F)cc2)nc2c(c1=O)CN(C(=O)c1ccc(C#N)cc1F)CC2.Cl. The Balaban J connectivity index is 0.00000420. The minimum Gasteiger partial charge on any atom is -0.408 e. The monoisotopic (exact) mass is 565 g/mol. The minimum atomic E-state index is -4.45. The van der Waals surface area contributed by atoms with E-state index in [1.807, 2.05) is 6.07 Å². The molecule has 1 amide bonds. The number of nitriles is 1. The molecule has 0 radical (unpaired) electrons. The maximum atomic E-state index is 14.4. The Kier molecular flexibility index (Phi) is 8.86. The van der Waals surface area contributed by atoms with Crippen LogP contribution in [0.2, 0.25) is 0 Å². The highest BCUT2D eigenvalue weighted by molar-refractivity contribution is 5.94. The third-order valence-corrected chi connectivity index (χ3v) is 6.15. The number of amides is 1. The van der Waals surface area contributed by atoms with Gasteiger partial charge in [-0.15, -0.1) is 17.1 Å². The first-order chi connectivity index (χ1) is 18.0. The molecule has 1 N–H and O–H groups in total. The van der Waals surface area contributed by atoms with Gasteiger partial charge in [-0.3, -0.25) is 9.59 Å². The number of nitrogens with one attached hydrogen (secondary N) is 1. The van der Waals surface area contributed by atoms with Crippen molar-refractivity contribution in [2.75, 3.05) is 18.5 Å². The van der Waals surface area contributed by atoms with Crippen LogP contribution in [0.4, 0.5) is 23.5 Å². The van der Waals surface area contributed by atoms with E-state index in [4.69, 9.17) is 10.1 Å². The van der Waals surface area contributed by atoms with Gasteiger partial charge in [0.25, 0.3) is 11.5 Å². The molecule has 1 aliphatic rings. The molecule has 1 aliphatic heterocycles. The maximum Gasteiger partial charge on any atom is 0.416 e. The number of aromatic nitrogens is 2. The molecule has 0 unspecified atom stereocenters. The molecule has 39 heavy (non-hydrogen) atoms. The molecule has 0 fully saturated rings. The second kappa shape index (κ2) is 11.7. The first-order valence-electron chi connectivity index (χ1n) is 11.7. The summed E-state index contributed by atoms with van der Waals surface area (Å²) in [6.45, 7) is 3.53. The Morgan fingerprint density at radius 2 is 1.92 bits per heavy atom. The molecule has 4 rings (SSSR count). The first-order valence-corrected chi connectivity index (χ1v) is 11.7. The van der Waals surface area contributed by atoms with Crippen LogP contribution in [0.3, 0.4) is 0 Å².